The zero-order valence-electron chi connectivity index (χ0n) is 36.9. The number of hydrogen-bond donors (Lipinski definition) is 12. The number of carboxylic acids is 1. The molecule has 9 atom stereocenters. The molecule has 2 fully saturated rings. The summed E-state index contributed by atoms with van der Waals surface area (Å²) in [6.45, 7) is 9.54. The lowest BCUT2D eigenvalue weighted by Gasteiger charge is -2.32. The van der Waals surface area contributed by atoms with Crippen LogP contribution in [0.1, 0.15) is 86.5 Å². The van der Waals surface area contributed by atoms with E-state index in [1.165, 1.54) is 23.6 Å². The summed E-state index contributed by atoms with van der Waals surface area (Å²) in [6.07, 6.45) is 2.05. The van der Waals surface area contributed by atoms with Crippen LogP contribution in [0.15, 0.2) is 4.99 Å². The minimum atomic E-state index is -1.58. The molecule has 0 radical (unpaired) electrons. The van der Waals surface area contributed by atoms with Crippen molar-refractivity contribution in [1.82, 2.24) is 41.7 Å². The van der Waals surface area contributed by atoms with Gasteiger partial charge in [-0.05, 0) is 70.6 Å². The van der Waals surface area contributed by atoms with Crippen molar-refractivity contribution >= 4 is 71.8 Å². The molecule has 0 unspecified atom stereocenters. The molecule has 0 saturated carbocycles. The Labute approximate surface area is 373 Å². The Kier molecular flexibility index (Phi) is 22.1. The molecule has 0 aromatic heterocycles. The standard InChI is InChI=1S/C39H68N12O11S/c1-19(2)16-24(46-32(55)23(45-30(53)21(5)40)10-7-13-43-39(41)42)36(59)50-14-8-12-28(50)35(58)48-26(18-63)33(56)49-29(20(3)4)37(60)51-15-9-11-27(51)34(57)44-22(6)31(54)47-25(17-52)38(61)62/h19-29,52,63H,7-18,40H2,1-6H3,(H,44,57)(H,45,53)(H,46,55)(H,47,54)(H,48,58)(H,49,56)(H,61,62)(H4,41,42,43)/t21-,22-,23-,24-,25-,26-,27-,28-,29-/m0/s1. The average Bonchev–Trinajstić information content (AvgIpc) is 3.91. The summed E-state index contributed by atoms with van der Waals surface area (Å²) >= 11 is 4.29. The van der Waals surface area contributed by atoms with Crippen LogP contribution in [0.4, 0.5) is 0 Å². The zero-order valence-corrected chi connectivity index (χ0v) is 37.8. The first-order chi connectivity index (χ1) is 29.5. The molecule has 0 aliphatic carbocycles. The highest BCUT2D eigenvalue weighted by atomic mass is 32.1. The van der Waals surface area contributed by atoms with E-state index in [2.05, 4.69) is 49.5 Å². The number of nitrogens with two attached hydrogens (primary N) is 3. The summed E-state index contributed by atoms with van der Waals surface area (Å²) in [4.78, 5) is 125. The number of aliphatic hydroxyl groups is 1. The van der Waals surface area contributed by atoms with Gasteiger partial charge in [0, 0.05) is 25.4 Å². The molecule has 24 heteroatoms. The van der Waals surface area contributed by atoms with E-state index in [0.29, 0.717) is 19.3 Å². The minimum Gasteiger partial charge on any atom is -0.480 e. The zero-order chi connectivity index (χ0) is 47.7. The molecule has 0 aromatic rings. The maximum atomic E-state index is 14.1. The van der Waals surface area contributed by atoms with Gasteiger partial charge >= 0.3 is 5.97 Å². The van der Waals surface area contributed by atoms with Gasteiger partial charge in [0.15, 0.2) is 5.96 Å². The molecular formula is C39H68N12O11S. The first-order valence-corrected chi connectivity index (χ1v) is 21.9. The van der Waals surface area contributed by atoms with Crippen LogP contribution in [0.5, 0.6) is 0 Å². The average molecular weight is 913 g/mol. The Morgan fingerprint density at radius 2 is 1.22 bits per heavy atom. The monoisotopic (exact) mass is 912 g/mol. The lowest BCUT2D eigenvalue weighted by Crippen LogP contribution is -2.61. The smallest absolute Gasteiger partial charge is 0.328 e. The Morgan fingerprint density at radius 1 is 0.698 bits per heavy atom. The molecule has 8 amide bonds. The molecule has 0 bridgehead atoms. The molecule has 0 aromatic carbocycles. The molecule has 23 nitrogen and oxygen atoms in total. The van der Waals surface area contributed by atoms with E-state index in [0.717, 1.165) is 0 Å². The van der Waals surface area contributed by atoms with Crippen LogP contribution in [-0.4, -0.2) is 166 Å². The lowest BCUT2D eigenvalue weighted by molar-refractivity contribution is -0.144. The highest BCUT2D eigenvalue weighted by Crippen LogP contribution is 2.23. The fourth-order valence-electron chi connectivity index (χ4n) is 7.11. The van der Waals surface area contributed by atoms with E-state index in [1.807, 2.05) is 13.8 Å². The van der Waals surface area contributed by atoms with Crippen LogP contribution in [0.2, 0.25) is 0 Å². The van der Waals surface area contributed by atoms with Crippen molar-refractivity contribution in [3.05, 3.63) is 0 Å². The van der Waals surface area contributed by atoms with Crippen molar-refractivity contribution in [2.45, 2.75) is 141 Å². The Balaban J connectivity index is 2.18. The number of thiol groups is 1. The number of aliphatic hydroxyl groups excluding tert-OH is 1. The molecule has 63 heavy (non-hydrogen) atoms. The summed E-state index contributed by atoms with van der Waals surface area (Å²) < 4.78 is 0. The van der Waals surface area contributed by atoms with Gasteiger partial charge < -0.3 is 69.1 Å². The number of amides is 8. The molecule has 2 rings (SSSR count). The van der Waals surface area contributed by atoms with E-state index < -0.39 is 120 Å². The van der Waals surface area contributed by atoms with Gasteiger partial charge in [-0.2, -0.15) is 12.6 Å². The number of carbonyl (C=O) groups excluding carboxylic acids is 8. The number of likely N-dealkylation sites (tertiary alicyclic amines) is 2. The van der Waals surface area contributed by atoms with Crippen molar-refractivity contribution in [3.8, 4) is 0 Å². The van der Waals surface area contributed by atoms with Gasteiger partial charge in [0.1, 0.15) is 48.3 Å². The molecule has 2 saturated heterocycles. The lowest BCUT2D eigenvalue weighted by atomic mass is 10.0. The number of rotatable bonds is 24. The molecule has 2 aliphatic heterocycles. The fraction of sp³-hybridized carbons (Fsp3) is 0.744. The van der Waals surface area contributed by atoms with Gasteiger partial charge in [0.2, 0.25) is 47.3 Å². The highest BCUT2D eigenvalue weighted by Gasteiger charge is 2.42. The molecular weight excluding hydrogens is 845 g/mol. The van der Waals surface area contributed by atoms with E-state index in [-0.39, 0.29) is 62.9 Å². The van der Waals surface area contributed by atoms with Crippen LogP contribution in [-0.2, 0) is 43.2 Å². The Hall–Kier alpha value is -5.23. The van der Waals surface area contributed by atoms with Crippen LogP contribution < -0.4 is 49.1 Å². The van der Waals surface area contributed by atoms with E-state index in [9.17, 15) is 48.3 Å². The quantitative estimate of drug-likeness (QED) is 0.0190. The number of carboxylic acid groups (broad SMARTS) is 1. The number of nitrogens with one attached hydrogen (secondary N) is 6. The minimum absolute atomic E-state index is 0.0757. The summed E-state index contributed by atoms with van der Waals surface area (Å²) in [6, 6.07) is -10.3. The summed E-state index contributed by atoms with van der Waals surface area (Å²) in [7, 11) is 0. The predicted molar refractivity (Wildman–Crippen MR) is 233 cm³/mol. The number of hydrogen-bond acceptors (Lipinski definition) is 13. The first kappa shape index (κ1) is 53.9. The predicted octanol–water partition coefficient (Wildman–Crippen LogP) is -3.99. The Morgan fingerprint density at radius 3 is 1.71 bits per heavy atom. The molecule has 2 aliphatic rings. The number of aliphatic carboxylic acids is 1. The number of carbonyl (C=O) groups is 9. The first-order valence-electron chi connectivity index (χ1n) is 21.2. The summed E-state index contributed by atoms with van der Waals surface area (Å²) in [5.74, 6) is -7.60. The fourth-order valence-corrected chi connectivity index (χ4v) is 7.37. The third-order valence-corrected chi connectivity index (χ3v) is 11.0. The van der Waals surface area contributed by atoms with Crippen molar-refractivity contribution < 1.29 is 53.4 Å². The van der Waals surface area contributed by atoms with Crippen molar-refractivity contribution in [3.63, 3.8) is 0 Å². The maximum Gasteiger partial charge on any atom is 0.328 e. The second-order valence-corrected chi connectivity index (χ2v) is 17.0. The van der Waals surface area contributed by atoms with Crippen LogP contribution in [0.25, 0.3) is 0 Å². The van der Waals surface area contributed by atoms with Crippen LogP contribution in [0, 0.1) is 11.8 Å². The van der Waals surface area contributed by atoms with Crippen molar-refractivity contribution in [2.24, 2.45) is 34.0 Å². The third-order valence-electron chi connectivity index (χ3n) is 10.6. The van der Waals surface area contributed by atoms with Gasteiger partial charge in [-0.3, -0.25) is 43.3 Å². The maximum absolute atomic E-state index is 14.1. The van der Waals surface area contributed by atoms with Crippen LogP contribution >= 0.6 is 12.6 Å². The molecule has 0 spiro atoms. The van der Waals surface area contributed by atoms with Gasteiger partial charge in [0.05, 0.1) is 12.6 Å². The van der Waals surface area contributed by atoms with Gasteiger partial charge in [-0.1, -0.05) is 27.7 Å². The number of aliphatic imine (C=N–C) groups is 1. The van der Waals surface area contributed by atoms with Crippen molar-refractivity contribution in [1.29, 1.82) is 0 Å². The third kappa shape index (κ3) is 16.4. The van der Waals surface area contributed by atoms with E-state index in [1.54, 1.807) is 13.8 Å². The molecule has 356 valence electrons. The largest absolute Gasteiger partial charge is 0.480 e. The van der Waals surface area contributed by atoms with E-state index >= 15 is 0 Å². The van der Waals surface area contributed by atoms with Crippen molar-refractivity contribution in [2.75, 3.05) is 32.0 Å². The Bertz CT molecular complexity index is 1680. The van der Waals surface area contributed by atoms with Crippen LogP contribution in [0.3, 0.4) is 0 Å². The SMILES string of the molecule is CC(C)C[C@H](NC(=O)[C@H](CCCN=C(N)N)NC(=O)[C@H](C)N)C(=O)N1CCC[C@H]1C(=O)N[C@@H](CS)C(=O)N[C@H](C(=O)N1CCC[C@H]1C(=O)N[C@@H](C)C(=O)N[C@@H](CO)C(=O)O)C(C)C. The second kappa shape index (κ2) is 25.8. The summed E-state index contributed by atoms with van der Waals surface area (Å²) in [5.41, 5.74) is 16.5. The number of nitrogens with zero attached hydrogens (tertiary/aromatic N) is 3. The molecule has 2 heterocycles. The topological polar surface area (TPSA) is 363 Å². The van der Waals surface area contributed by atoms with E-state index in [4.69, 9.17) is 22.3 Å². The second-order valence-electron chi connectivity index (χ2n) is 16.7. The van der Waals surface area contributed by atoms with Gasteiger partial charge in [-0.15, -0.1) is 0 Å². The van der Waals surface area contributed by atoms with Gasteiger partial charge in [-0.25, -0.2) is 4.79 Å². The summed E-state index contributed by atoms with van der Waals surface area (Å²) in [5, 5.41) is 33.7. The number of guanidine groups is 1. The molecule has 14 N–H and O–H groups in total. The van der Waals surface area contributed by atoms with Gasteiger partial charge in [0.25, 0.3) is 0 Å². The highest BCUT2D eigenvalue weighted by molar-refractivity contribution is 7.80. The normalized spacial score (nSPS) is 19.4.